The van der Waals surface area contributed by atoms with Crippen LogP contribution >= 0.6 is 0 Å². The summed E-state index contributed by atoms with van der Waals surface area (Å²) < 4.78 is 12.8. The molecule has 20 heavy (non-hydrogen) atoms. The molecule has 2 N–H and O–H groups in total. The molecule has 1 heterocycles. The number of nitrogens with one attached hydrogen (secondary N) is 2. The van der Waals surface area contributed by atoms with Crippen molar-refractivity contribution in [2.45, 2.75) is 19.8 Å². The molecule has 0 unspecified atom stereocenters. The largest absolute Gasteiger partial charge is 0.370 e. The Morgan fingerprint density at radius 2 is 1.60 bits per heavy atom. The van der Waals surface area contributed by atoms with E-state index in [4.69, 9.17) is 0 Å². The molecule has 3 nitrogen and oxygen atoms in total. The number of nitrogens with zero attached hydrogens (tertiary/aromatic N) is 1. The average Bonchev–Trinajstić information content (AvgIpc) is 2.48. The van der Waals surface area contributed by atoms with Gasteiger partial charge < -0.3 is 10.6 Å². The van der Waals surface area contributed by atoms with E-state index in [1.165, 1.54) is 12.1 Å². The van der Waals surface area contributed by atoms with Crippen molar-refractivity contribution < 1.29 is 4.39 Å². The predicted octanol–water partition coefficient (Wildman–Crippen LogP) is 3.70. The average molecular weight is 273 g/mol. The fourth-order valence-corrected chi connectivity index (χ4v) is 1.87. The van der Waals surface area contributed by atoms with E-state index in [2.05, 4.69) is 22.5 Å². The number of halogens is 1. The van der Waals surface area contributed by atoms with Gasteiger partial charge in [-0.1, -0.05) is 25.1 Å². The number of hydrogen-bond donors (Lipinski definition) is 2. The van der Waals surface area contributed by atoms with Gasteiger partial charge in [0.1, 0.15) is 17.5 Å². The van der Waals surface area contributed by atoms with Crippen LogP contribution < -0.4 is 10.6 Å². The van der Waals surface area contributed by atoms with Gasteiger partial charge in [0.25, 0.3) is 0 Å². The first-order valence-corrected chi connectivity index (χ1v) is 6.97. The second-order valence-corrected chi connectivity index (χ2v) is 4.64. The Balaban J connectivity index is 1.82. The Hall–Kier alpha value is -2.10. The zero-order valence-electron chi connectivity index (χ0n) is 11.7. The van der Waals surface area contributed by atoms with Crippen LogP contribution in [0.25, 0.3) is 0 Å². The van der Waals surface area contributed by atoms with E-state index < -0.39 is 0 Å². The lowest BCUT2D eigenvalue weighted by atomic mass is 10.1. The number of pyridine rings is 1. The van der Waals surface area contributed by atoms with Gasteiger partial charge in [0.05, 0.1) is 0 Å². The van der Waals surface area contributed by atoms with Crippen molar-refractivity contribution in [2.75, 3.05) is 23.7 Å². The molecule has 0 aliphatic rings. The number of benzene rings is 1. The first-order valence-electron chi connectivity index (χ1n) is 6.97. The maximum atomic E-state index is 12.8. The van der Waals surface area contributed by atoms with Crippen molar-refractivity contribution in [3.63, 3.8) is 0 Å². The Labute approximate surface area is 119 Å². The van der Waals surface area contributed by atoms with E-state index in [9.17, 15) is 4.39 Å². The topological polar surface area (TPSA) is 37.0 Å². The molecule has 0 aliphatic carbocycles. The standard InChI is InChI=1S/C16H20FN3/c1-2-11-18-15-4-3-5-16(20-15)19-12-10-13-6-8-14(17)9-7-13/h3-9H,2,10-12H2,1H3,(H2,18,19,20). The zero-order valence-corrected chi connectivity index (χ0v) is 11.7. The van der Waals surface area contributed by atoms with E-state index >= 15 is 0 Å². The van der Waals surface area contributed by atoms with Crippen LogP contribution in [0.1, 0.15) is 18.9 Å². The summed E-state index contributed by atoms with van der Waals surface area (Å²) in [5.74, 6) is 1.55. The molecular formula is C16H20FN3. The number of anilines is 2. The molecule has 0 bridgehead atoms. The minimum Gasteiger partial charge on any atom is -0.370 e. The molecule has 1 aromatic heterocycles. The highest BCUT2D eigenvalue weighted by Crippen LogP contribution is 2.10. The lowest BCUT2D eigenvalue weighted by Crippen LogP contribution is -2.08. The number of hydrogen-bond acceptors (Lipinski definition) is 3. The van der Waals surface area contributed by atoms with E-state index in [-0.39, 0.29) is 5.82 Å². The van der Waals surface area contributed by atoms with Crippen LogP contribution in [0.3, 0.4) is 0 Å². The minimum atomic E-state index is -0.196. The highest BCUT2D eigenvalue weighted by atomic mass is 19.1. The van der Waals surface area contributed by atoms with Gasteiger partial charge >= 0.3 is 0 Å². The third kappa shape index (κ3) is 4.53. The summed E-state index contributed by atoms with van der Waals surface area (Å²) >= 11 is 0. The smallest absolute Gasteiger partial charge is 0.128 e. The van der Waals surface area contributed by atoms with Crippen LogP contribution in [0.4, 0.5) is 16.0 Å². The second-order valence-electron chi connectivity index (χ2n) is 4.64. The number of rotatable bonds is 7. The molecule has 0 atom stereocenters. The Bertz CT molecular complexity index is 526. The van der Waals surface area contributed by atoms with Crippen molar-refractivity contribution >= 4 is 11.6 Å². The molecule has 0 saturated carbocycles. The summed E-state index contributed by atoms with van der Waals surface area (Å²) in [5, 5.41) is 6.54. The van der Waals surface area contributed by atoms with E-state index in [1.807, 2.05) is 30.3 Å². The molecule has 106 valence electrons. The van der Waals surface area contributed by atoms with E-state index in [0.29, 0.717) is 0 Å². The number of aromatic nitrogens is 1. The Kier molecular flexibility index (Phi) is 5.35. The summed E-state index contributed by atoms with van der Waals surface area (Å²) in [6.45, 7) is 3.82. The molecule has 0 fully saturated rings. The van der Waals surface area contributed by atoms with Crippen LogP contribution in [0.5, 0.6) is 0 Å². The van der Waals surface area contributed by atoms with Crippen LogP contribution in [0.2, 0.25) is 0 Å². The van der Waals surface area contributed by atoms with Gasteiger partial charge in [-0.15, -0.1) is 0 Å². The first kappa shape index (κ1) is 14.3. The fourth-order valence-electron chi connectivity index (χ4n) is 1.87. The summed E-state index contributed by atoms with van der Waals surface area (Å²) in [5.41, 5.74) is 1.11. The second kappa shape index (κ2) is 7.48. The molecule has 2 rings (SSSR count). The Morgan fingerprint density at radius 1 is 0.950 bits per heavy atom. The molecular weight excluding hydrogens is 253 g/mol. The monoisotopic (exact) mass is 273 g/mol. The predicted molar refractivity (Wildman–Crippen MR) is 81.6 cm³/mol. The van der Waals surface area contributed by atoms with Gasteiger partial charge in [-0.05, 0) is 42.7 Å². The summed E-state index contributed by atoms with van der Waals surface area (Å²) in [4.78, 5) is 4.47. The normalized spacial score (nSPS) is 10.3. The van der Waals surface area contributed by atoms with Crippen LogP contribution in [-0.2, 0) is 6.42 Å². The molecule has 0 radical (unpaired) electrons. The van der Waals surface area contributed by atoms with Crippen molar-refractivity contribution in [3.8, 4) is 0 Å². The molecule has 0 spiro atoms. The summed E-state index contributed by atoms with van der Waals surface area (Å²) in [7, 11) is 0. The Morgan fingerprint density at radius 3 is 2.25 bits per heavy atom. The zero-order chi connectivity index (χ0) is 14.2. The van der Waals surface area contributed by atoms with Crippen molar-refractivity contribution in [1.29, 1.82) is 0 Å². The van der Waals surface area contributed by atoms with Gasteiger partial charge in [-0.3, -0.25) is 0 Å². The van der Waals surface area contributed by atoms with Gasteiger partial charge in [0.15, 0.2) is 0 Å². The van der Waals surface area contributed by atoms with Crippen molar-refractivity contribution in [1.82, 2.24) is 4.98 Å². The van der Waals surface area contributed by atoms with E-state index in [1.54, 1.807) is 0 Å². The fraction of sp³-hybridized carbons (Fsp3) is 0.312. The molecule has 0 saturated heterocycles. The SMILES string of the molecule is CCCNc1cccc(NCCc2ccc(F)cc2)n1. The van der Waals surface area contributed by atoms with Gasteiger partial charge in [0, 0.05) is 13.1 Å². The van der Waals surface area contributed by atoms with Crippen molar-refractivity contribution in [2.24, 2.45) is 0 Å². The van der Waals surface area contributed by atoms with Gasteiger partial charge in [0.2, 0.25) is 0 Å². The van der Waals surface area contributed by atoms with Crippen LogP contribution in [0.15, 0.2) is 42.5 Å². The quantitative estimate of drug-likeness (QED) is 0.807. The lowest BCUT2D eigenvalue weighted by Gasteiger charge is -2.08. The molecule has 2 aromatic rings. The summed E-state index contributed by atoms with van der Waals surface area (Å²) in [6, 6.07) is 12.5. The summed E-state index contributed by atoms with van der Waals surface area (Å²) in [6.07, 6.45) is 1.92. The lowest BCUT2D eigenvalue weighted by molar-refractivity contribution is 0.627. The van der Waals surface area contributed by atoms with Crippen molar-refractivity contribution in [3.05, 3.63) is 53.8 Å². The van der Waals surface area contributed by atoms with Gasteiger partial charge in [-0.2, -0.15) is 0 Å². The van der Waals surface area contributed by atoms with E-state index in [0.717, 1.165) is 43.1 Å². The third-order valence-corrected chi connectivity index (χ3v) is 2.94. The first-order chi connectivity index (χ1) is 9.78. The van der Waals surface area contributed by atoms with Crippen LogP contribution in [-0.4, -0.2) is 18.1 Å². The molecule has 0 amide bonds. The maximum Gasteiger partial charge on any atom is 0.128 e. The third-order valence-electron chi connectivity index (χ3n) is 2.94. The molecule has 4 heteroatoms. The molecule has 0 aliphatic heterocycles. The molecule has 1 aromatic carbocycles. The van der Waals surface area contributed by atoms with Crippen LogP contribution in [0, 0.1) is 5.82 Å². The van der Waals surface area contributed by atoms with Gasteiger partial charge in [-0.25, -0.2) is 9.37 Å². The highest BCUT2D eigenvalue weighted by molar-refractivity contribution is 5.45. The maximum absolute atomic E-state index is 12.8. The highest BCUT2D eigenvalue weighted by Gasteiger charge is 1.98. The minimum absolute atomic E-state index is 0.196.